The molecule has 1 aromatic carbocycles. The predicted molar refractivity (Wildman–Crippen MR) is 71.1 cm³/mol. The van der Waals surface area contributed by atoms with Crippen LogP contribution in [0.1, 0.15) is 19.3 Å². The minimum absolute atomic E-state index is 0.149. The second-order valence-corrected chi connectivity index (χ2v) is 7.14. The third kappa shape index (κ3) is 2.34. The Morgan fingerprint density at radius 1 is 1.41 bits per heavy atom. The van der Waals surface area contributed by atoms with Crippen LogP contribution in [0, 0.1) is 0 Å². The normalized spacial score (nSPS) is 17.1. The standard InChI is InChI=1S/C11H15BrN2O2S/c1-14(8-3-2-4-8)17(15,16)9-5-6-11(13)10(12)7-9/h5-8H,2-4,13H2,1H3. The Kier molecular flexibility index (Phi) is 3.47. The molecule has 1 aliphatic carbocycles. The van der Waals surface area contributed by atoms with E-state index in [4.69, 9.17) is 5.73 Å². The number of halogens is 1. The van der Waals surface area contributed by atoms with E-state index in [0.717, 1.165) is 19.3 Å². The van der Waals surface area contributed by atoms with Crippen LogP contribution in [0.15, 0.2) is 27.6 Å². The molecule has 0 atom stereocenters. The third-order valence-electron chi connectivity index (χ3n) is 3.24. The molecule has 4 nitrogen and oxygen atoms in total. The molecule has 0 aromatic heterocycles. The van der Waals surface area contributed by atoms with E-state index in [0.29, 0.717) is 10.2 Å². The van der Waals surface area contributed by atoms with Gasteiger partial charge in [-0.3, -0.25) is 0 Å². The van der Waals surface area contributed by atoms with Gasteiger partial charge in [-0.2, -0.15) is 4.31 Å². The third-order valence-corrected chi connectivity index (χ3v) is 5.83. The highest BCUT2D eigenvalue weighted by Gasteiger charge is 2.31. The molecular formula is C11H15BrN2O2S. The summed E-state index contributed by atoms with van der Waals surface area (Å²) in [5.41, 5.74) is 6.19. The summed E-state index contributed by atoms with van der Waals surface area (Å²) in [4.78, 5) is 0.285. The van der Waals surface area contributed by atoms with E-state index in [2.05, 4.69) is 15.9 Å². The van der Waals surface area contributed by atoms with Crippen molar-refractivity contribution in [3.8, 4) is 0 Å². The number of nitrogens with zero attached hydrogens (tertiary/aromatic N) is 1. The topological polar surface area (TPSA) is 63.4 Å². The van der Waals surface area contributed by atoms with Gasteiger partial charge in [-0.25, -0.2) is 8.42 Å². The summed E-state index contributed by atoms with van der Waals surface area (Å²) in [6.45, 7) is 0. The molecule has 0 saturated heterocycles. The Balaban J connectivity index is 2.33. The number of hydrogen-bond acceptors (Lipinski definition) is 3. The average Bonchev–Trinajstić information content (AvgIpc) is 2.19. The molecule has 0 heterocycles. The van der Waals surface area contributed by atoms with Gasteiger partial charge in [-0.05, 0) is 47.0 Å². The van der Waals surface area contributed by atoms with Crippen molar-refractivity contribution in [1.29, 1.82) is 0 Å². The first-order valence-electron chi connectivity index (χ1n) is 5.46. The minimum Gasteiger partial charge on any atom is -0.398 e. The summed E-state index contributed by atoms with van der Waals surface area (Å²) >= 11 is 3.25. The van der Waals surface area contributed by atoms with Gasteiger partial charge < -0.3 is 5.73 Å². The van der Waals surface area contributed by atoms with Gasteiger partial charge in [0.1, 0.15) is 0 Å². The SMILES string of the molecule is CN(C1CCC1)S(=O)(=O)c1ccc(N)c(Br)c1. The fraction of sp³-hybridized carbons (Fsp3) is 0.455. The molecule has 0 radical (unpaired) electrons. The van der Waals surface area contributed by atoms with E-state index < -0.39 is 10.0 Å². The van der Waals surface area contributed by atoms with Crippen molar-refractivity contribution in [3.05, 3.63) is 22.7 Å². The van der Waals surface area contributed by atoms with Gasteiger partial charge >= 0.3 is 0 Å². The van der Waals surface area contributed by atoms with Crippen molar-refractivity contribution in [2.24, 2.45) is 0 Å². The van der Waals surface area contributed by atoms with Gasteiger partial charge in [0.2, 0.25) is 10.0 Å². The van der Waals surface area contributed by atoms with Crippen LogP contribution >= 0.6 is 15.9 Å². The van der Waals surface area contributed by atoms with Gasteiger partial charge in [-0.15, -0.1) is 0 Å². The van der Waals surface area contributed by atoms with Gasteiger partial charge in [0, 0.05) is 23.2 Å². The highest BCUT2D eigenvalue weighted by molar-refractivity contribution is 9.10. The zero-order valence-electron chi connectivity index (χ0n) is 9.56. The molecule has 2 rings (SSSR count). The molecule has 1 aliphatic rings. The molecule has 94 valence electrons. The Labute approximate surface area is 110 Å². The van der Waals surface area contributed by atoms with Crippen molar-refractivity contribution >= 4 is 31.6 Å². The van der Waals surface area contributed by atoms with Gasteiger partial charge in [0.25, 0.3) is 0 Å². The molecule has 1 fully saturated rings. The average molecular weight is 319 g/mol. The van der Waals surface area contributed by atoms with Crippen LogP contribution in [-0.2, 0) is 10.0 Å². The molecule has 6 heteroatoms. The summed E-state index contributed by atoms with van der Waals surface area (Å²) in [5.74, 6) is 0. The second-order valence-electron chi connectivity index (χ2n) is 4.29. The van der Waals surface area contributed by atoms with Crippen molar-refractivity contribution in [2.45, 2.75) is 30.2 Å². The van der Waals surface area contributed by atoms with Crippen molar-refractivity contribution in [2.75, 3.05) is 12.8 Å². The highest BCUT2D eigenvalue weighted by Crippen LogP contribution is 2.30. The Hall–Kier alpha value is -0.590. The summed E-state index contributed by atoms with van der Waals surface area (Å²) in [6, 6.07) is 4.85. The zero-order valence-corrected chi connectivity index (χ0v) is 12.0. The number of rotatable bonds is 3. The van der Waals surface area contributed by atoms with Crippen LogP contribution in [0.3, 0.4) is 0 Å². The molecule has 1 aromatic rings. The molecule has 1 saturated carbocycles. The summed E-state index contributed by atoms with van der Waals surface area (Å²) in [5, 5.41) is 0. The van der Waals surface area contributed by atoms with Gasteiger partial charge in [0.15, 0.2) is 0 Å². The molecule has 0 unspecified atom stereocenters. The van der Waals surface area contributed by atoms with Crippen LogP contribution in [0.4, 0.5) is 5.69 Å². The number of nitrogen functional groups attached to an aromatic ring is 1. The van der Waals surface area contributed by atoms with E-state index in [1.54, 1.807) is 25.2 Å². The van der Waals surface area contributed by atoms with E-state index >= 15 is 0 Å². The molecule has 0 amide bonds. The number of anilines is 1. The molecule has 0 bridgehead atoms. The summed E-state index contributed by atoms with van der Waals surface area (Å²) in [7, 11) is -1.75. The maximum absolute atomic E-state index is 12.3. The van der Waals surface area contributed by atoms with Crippen molar-refractivity contribution in [3.63, 3.8) is 0 Å². The zero-order chi connectivity index (χ0) is 12.6. The largest absolute Gasteiger partial charge is 0.398 e. The number of benzene rings is 1. The first-order chi connectivity index (χ1) is 7.93. The summed E-state index contributed by atoms with van der Waals surface area (Å²) in [6.07, 6.45) is 3.01. The monoisotopic (exact) mass is 318 g/mol. The highest BCUT2D eigenvalue weighted by atomic mass is 79.9. The van der Waals surface area contributed by atoms with Gasteiger partial charge in [-0.1, -0.05) is 6.42 Å². The Morgan fingerprint density at radius 3 is 2.53 bits per heavy atom. The fourth-order valence-corrected chi connectivity index (χ4v) is 3.75. The smallest absolute Gasteiger partial charge is 0.243 e. The van der Waals surface area contributed by atoms with Crippen LogP contribution < -0.4 is 5.73 Å². The number of sulfonamides is 1. The van der Waals surface area contributed by atoms with Crippen LogP contribution in [0.5, 0.6) is 0 Å². The van der Waals surface area contributed by atoms with E-state index in [9.17, 15) is 8.42 Å². The van der Waals surface area contributed by atoms with Crippen molar-refractivity contribution < 1.29 is 8.42 Å². The Morgan fingerprint density at radius 2 is 2.06 bits per heavy atom. The molecule has 17 heavy (non-hydrogen) atoms. The van der Waals surface area contributed by atoms with E-state index in [-0.39, 0.29) is 10.9 Å². The molecular weight excluding hydrogens is 304 g/mol. The lowest BCUT2D eigenvalue weighted by atomic mass is 9.94. The maximum atomic E-state index is 12.3. The van der Waals surface area contributed by atoms with Crippen molar-refractivity contribution in [1.82, 2.24) is 4.31 Å². The number of nitrogens with two attached hydrogens (primary N) is 1. The fourth-order valence-electron chi connectivity index (χ4n) is 1.78. The summed E-state index contributed by atoms with van der Waals surface area (Å²) < 4.78 is 26.7. The minimum atomic E-state index is -3.39. The molecule has 2 N–H and O–H groups in total. The lowest BCUT2D eigenvalue weighted by molar-refractivity contribution is 0.249. The van der Waals surface area contributed by atoms with E-state index in [1.165, 1.54) is 4.31 Å². The van der Waals surface area contributed by atoms with Crippen LogP contribution in [-0.4, -0.2) is 25.8 Å². The predicted octanol–water partition coefficient (Wildman–Crippen LogP) is 2.20. The van der Waals surface area contributed by atoms with E-state index in [1.807, 2.05) is 0 Å². The van der Waals surface area contributed by atoms with Crippen LogP contribution in [0.2, 0.25) is 0 Å². The lowest BCUT2D eigenvalue weighted by Crippen LogP contribution is -2.41. The van der Waals surface area contributed by atoms with Crippen LogP contribution in [0.25, 0.3) is 0 Å². The lowest BCUT2D eigenvalue weighted by Gasteiger charge is -2.33. The second kappa shape index (κ2) is 4.59. The maximum Gasteiger partial charge on any atom is 0.243 e. The van der Waals surface area contributed by atoms with Gasteiger partial charge in [0.05, 0.1) is 4.90 Å². The molecule has 0 aliphatic heterocycles. The molecule has 0 spiro atoms. The quantitative estimate of drug-likeness (QED) is 0.869. The Bertz CT molecular complexity index is 526. The first-order valence-corrected chi connectivity index (χ1v) is 7.69. The number of hydrogen-bond donors (Lipinski definition) is 1. The first kappa shape index (κ1) is 12.9.